The topological polar surface area (TPSA) is 84.6 Å². The van der Waals surface area contributed by atoms with Gasteiger partial charge in [-0.1, -0.05) is 17.7 Å². The fourth-order valence-corrected chi connectivity index (χ4v) is 2.12. The van der Waals surface area contributed by atoms with Crippen LogP contribution >= 0.6 is 11.6 Å². The third-order valence-corrected chi connectivity index (χ3v) is 3.25. The number of carbonyl (C=O) groups excluding carboxylic acids is 1. The van der Waals surface area contributed by atoms with Crippen LogP contribution in [0, 0.1) is 0 Å². The maximum Gasteiger partial charge on any atom is 0.254 e. The molecule has 1 aromatic rings. The number of anilines is 1. The summed E-state index contributed by atoms with van der Waals surface area (Å²) in [7, 11) is 0. The molecule has 0 saturated carbocycles. The summed E-state index contributed by atoms with van der Waals surface area (Å²) < 4.78 is 5.09. The fraction of sp³-hybridized carbons (Fsp3) is 0.417. The van der Waals surface area contributed by atoms with E-state index in [0.29, 0.717) is 23.7 Å². The smallest absolute Gasteiger partial charge is 0.254 e. The third-order valence-electron chi connectivity index (χ3n) is 2.93. The summed E-state index contributed by atoms with van der Waals surface area (Å²) in [6.45, 7) is 0.850. The number of hydrogen-bond donors (Lipinski definition) is 3. The Morgan fingerprint density at radius 2 is 2.39 bits per heavy atom. The highest BCUT2D eigenvalue weighted by Gasteiger charge is 2.32. The highest BCUT2D eigenvalue weighted by molar-refractivity contribution is 6.34. The van der Waals surface area contributed by atoms with Crippen LogP contribution in [0.25, 0.3) is 0 Å². The molecule has 0 radical (unpaired) electrons. The van der Waals surface area contributed by atoms with Crippen molar-refractivity contribution in [3.63, 3.8) is 0 Å². The summed E-state index contributed by atoms with van der Waals surface area (Å²) in [5.74, 6) is -0.390. The number of amides is 1. The van der Waals surface area contributed by atoms with Crippen molar-refractivity contribution in [1.29, 1.82) is 0 Å². The quantitative estimate of drug-likeness (QED) is 0.710. The van der Waals surface area contributed by atoms with Gasteiger partial charge in [-0.25, -0.2) is 0 Å². The number of nitrogen functional groups attached to an aromatic ring is 1. The van der Waals surface area contributed by atoms with E-state index in [4.69, 9.17) is 22.1 Å². The number of benzene rings is 1. The lowest BCUT2D eigenvalue weighted by Crippen LogP contribution is -2.43. The van der Waals surface area contributed by atoms with Gasteiger partial charge in [0.05, 0.1) is 17.2 Å². The zero-order valence-electron chi connectivity index (χ0n) is 9.78. The molecular formula is C12H15ClN2O3. The molecule has 0 aromatic heterocycles. The second-order valence-electron chi connectivity index (χ2n) is 4.41. The van der Waals surface area contributed by atoms with E-state index in [-0.39, 0.29) is 18.7 Å². The lowest BCUT2D eigenvalue weighted by Gasteiger charge is -2.21. The molecule has 5 nitrogen and oxygen atoms in total. The number of hydrogen-bond acceptors (Lipinski definition) is 4. The number of carbonyl (C=O) groups is 1. The molecule has 1 aliphatic rings. The SMILES string of the molecule is Nc1cccc(Cl)c1C(=O)NCC1(O)CCOC1. The normalized spacial score (nSPS) is 23.0. The van der Waals surface area contributed by atoms with E-state index in [2.05, 4.69) is 5.32 Å². The Kier molecular flexibility index (Phi) is 3.75. The molecule has 4 N–H and O–H groups in total. The first-order chi connectivity index (χ1) is 8.52. The van der Waals surface area contributed by atoms with E-state index in [1.54, 1.807) is 18.2 Å². The van der Waals surface area contributed by atoms with Crippen LogP contribution in [0.4, 0.5) is 5.69 Å². The first-order valence-electron chi connectivity index (χ1n) is 5.64. The Hall–Kier alpha value is -1.30. The van der Waals surface area contributed by atoms with Gasteiger partial charge in [0.25, 0.3) is 5.91 Å². The van der Waals surface area contributed by atoms with Gasteiger partial charge in [-0.2, -0.15) is 0 Å². The van der Waals surface area contributed by atoms with Gasteiger partial charge in [0.2, 0.25) is 0 Å². The molecule has 1 fully saturated rings. The minimum Gasteiger partial charge on any atom is -0.398 e. The van der Waals surface area contributed by atoms with Crippen molar-refractivity contribution in [1.82, 2.24) is 5.32 Å². The highest BCUT2D eigenvalue weighted by atomic mass is 35.5. The Labute approximate surface area is 110 Å². The zero-order chi connectivity index (χ0) is 13.2. The van der Waals surface area contributed by atoms with Gasteiger partial charge < -0.3 is 20.9 Å². The molecule has 1 heterocycles. The molecule has 18 heavy (non-hydrogen) atoms. The van der Waals surface area contributed by atoms with Crippen LogP contribution in [0.5, 0.6) is 0 Å². The van der Waals surface area contributed by atoms with E-state index in [1.807, 2.05) is 0 Å². The molecule has 1 aromatic carbocycles. The minimum atomic E-state index is -0.994. The maximum absolute atomic E-state index is 12.0. The van der Waals surface area contributed by atoms with Crippen molar-refractivity contribution in [2.24, 2.45) is 0 Å². The molecule has 0 spiro atoms. The van der Waals surface area contributed by atoms with Gasteiger partial charge in [0, 0.05) is 25.3 Å². The summed E-state index contributed by atoms with van der Waals surface area (Å²) in [6.07, 6.45) is 0.505. The lowest BCUT2D eigenvalue weighted by molar-refractivity contribution is 0.0265. The number of rotatable bonds is 3. The van der Waals surface area contributed by atoms with Crippen molar-refractivity contribution in [2.75, 3.05) is 25.5 Å². The van der Waals surface area contributed by atoms with Crippen molar-refractivity contribution in [3.8, 4) is 0 Å². The summed E-state index contributed by atoms with van der Waals surface area (Å²) in [5, 5.41) is 12.9. The molecule has 1 aliphatic heterocycles. The van der Waals surface area contributed by atoms with Gasteiger partial charge in [0.1, 0.15) is 5.60 Å². The molecule has 0 bridgehead atoms. The van der Waals surface area contributed by atoms with Crippen molar-refractivity contribution in [2.45, 2.75) is 12.0 Å². The number of halogens is 1. The predicted molar refractivity (Wildman–Crippen MR) is 68.6 cm³/mol. The predicted octanol–water partition coefficient (Wildman–Crippen LogP) is 0.803. The van der Waals surface area contributed by atoms with Gasteiger partial charge in [-0.15, -0.1) is 0 Å². The molecule has 1 atom stereocenters. The fourth-order valence-electron chi connectivity index (χ4n) is 1.85. The third kappa shape index (κ3) is 2.75. The van der Waals surface area contributed by atoms with Gasteiger partial charge in [-0.05, 0) is 12.1 Å². The average Bonchev–Trinajstić information content (AvgIpc) is 2.74. The first kappa shape index (κ1) is 13.1. The monoisotopic (exact) mass is 270 g/mol. The summed E-state index contributed by atoms with van der Waals surface area (Å²) in [4.78, 5) is 12.0. The summed E-state index contributed by atoms with van der Waals surface area (Å²) in [6, 6.07) is 4.88. The van der Waals surface area contributed by atoms with Crippen LogP contribution in [0.3, 0.4) is 0 Å². The second kappa shape index (κ2) is 5.14. The van der Waals surface area contributed by atoms with E-state index in [0.717, 1.165) is 0 Å². The van der Waals surface area contributed by atoms with Crippen LogP contribution in [0.2, 0.25) is 5.02 Å². The number of nitrogens with one attached hydrogen (secondary N) is 1. The Morgan fingerprint density at radius 1 is 1.61 bits per heavy atom. The first-order valence-corrected chi connectivity index (χ1v) is 6.02. The standard InChI is InChI=1S/C12H15ClN2O3/c13-8-2-1-3-9(14)10(8)11(16)15-6-12(17)4-5-18-7-12/h1-3,17H,4-7,14H2,(H,15,16). The van der Waals surface area contributed by atoms with Gasteiger partial charge in [-0.3, -0.25) is 4.79 Å². The molecular weight excluding hydrogens is 256 g/mol. The Balaban J connectivity index is 2.04. The largest absolute Gasteiger partial charge is 0.398 e. The van der Waals surface area contributed by atoms with E-state index in [1.165, 1.54) is 0 Å². The minimum absolute atomic E-state index is 0.122. The second-order valence-corrected chi connectivity index (χ2v) is 4.82. The Bertz CT molecular complexity index is 438. The molecule has 0 aliphatic carbocycles. The van der Waals surface area contributed by atoms with Crippen LogP contribution < -0.4 is 11.1 Å². The van der Waals surface area contributed by atoms with Gasteiger partial charge in [0.15, 0.2) is 0 Å². The van der Waals surface area contributed by atoms with Gasteiger partial charge >= 0.3 is 0 Å². The van der Waals surface area contributed by atoms with E-state index < -0.39 is 11.5 Å². The lowest BCUT2D eigenvalue weighted by atomic mass is 10.0. The number of aliphatic hydroxyl groups is 1. The van der Waals surface area contributed by atoms with Crippen molar-refractivity contribution in [3.05, 3.63) is 28.8 Å². The van der Waals surface area contributed by atoms with Crippen LogP contribution in [-0.4, -0.2) is 36.4 Å². The molecule has 2 rings (SSSR count). The van der Waals surface area contributed by atoms with Crippen LogP contribution in [-0.2, 0) is 4.74 Å². The molecule has 1 unspecified atom stereocenters. The Morgan fingerprint density at radius 3 is 3.00 bits per heavy atom. The maximum atomic E-state index is 12.0. The number of nitrogens with two attached hydrogens (primary N) is 1. The van der Waals surface area contributed by atoms with Crippen molar-refractivity contribution >= 4 is 23.2 Å². The average molecular weight is 271 g/mol. The van der Waals surface area contributed by atoms with Crippen molar-refractivity contribution < 1.29 is 14.6 Å². The molecule has 6 heteroatoms. The zero-order valence-corrected chi connectivity index (χ0v) is 10.5. The van der Waals surface area contributed by atoms with Crippen LogP contribution in [0.1, 0.15) is 16.8 Å². The van der Waals surface area contributed by atoms with E-state index >= 15 is 0 Å². The number of ether oxygens (including phenoxy) is 1. The molecule has 98 valence electrons. The summed E-state index contributed by atoms with van der Waals surface area (Å²) >= 11 is 5.93. The highest BCUT2D eigenvalue weighted by Crippen LogP contribution is 2.22. The summed E-state index contributed by atoms with van der Waals surface area (Å²) in [5.41, 5.74) is 5.26. The van der Waals surface area contributed by atoms with E-state index in [9.17, 15) is 9.90 Å². The van der Waals surface area contributed by atoms with Crippen LogP contribution in [0.15, 0.2) is 18.2 Å². The molecule has 1 amide bonds. The molecule has 1 saturated heterocycles.